The summed E-state index contributed by atoms with van der Waals surface area (Å²) in [5.74, 6) is 0. The minimum absolute atomic E-state index is 0.214. The van der Waals surface area contributed by atoms with Gasteiger partial charge in [0.1, 0.15) is 17.4 Å². The van der Waals surface area contributed by atoms with Crippen LogP contribution < -0.4 is 5.56 Å². The fourth-order valence-corrected chi connectivity index (χ4v) is 2.45. The first-order valence-electron chi connectivity index (χ1n) is 6.90. The van der Waals surface area contributed by atoms with E-state index in [2.05, 4.69) is 15.1 Å². The molecule has 0 fully saturated rings. The summed E-state index contributed by atoms with van der Waals surface area (Å²) in [7, 11) is 0. The number of aromatic amines is 1. The maximum absolute atomic E-state index is 12.5. The van der Waals surface area contributed by atoms with E-state index in [4.69, 9.17) is 0 Å². The van der Waals surface area contributed by atoms with Gasteiger partial charge in [0.05, 0.1) is 6.21 Å². The van der Waals surface area contributed by atoms with Crippen molar-refractivity contribution in [3.05, 3.63) is 76.8 Å². The van der Waals surface area contributed by atoms with Crippen molar-refractivity contribution in [1.29, 1.82) is 0 Å². The van der Waals surface area contributed by atoms with Crippen LogP contribution in [0.5, 0.6) is 0 Å². The van der Waals surface area contributed by atoms with Gasteiger partial charge in [-0.2, -0.15) is 9.78 Å². The molecule has 0 saturated carbocycles. The lowest BCUT2D eigenvalue weighted by Crippen LogP contribution is -2.17. The number of hydrogen-bond donors (Lipinski definition) is 1. The molecule has 5 heteroatoms. The van der Waals surface area contributed by atoms with Crippen molar-refractivity contribution < 1.29 is 0 Å². The largest absolute Gasteiger partial charge is 0.349 e. The highest BCUT2D eigenvalue weighted by molar-refractivity contribution is 6.04. The Morgan fingerprint density at radius 2 is 1.82 bits per heavy atom. The SMILES string of the molecule is O=c1c2[nH]c3ccccc3c2ncn1N=Cc1ccccc1. The van der Waals surface area contributed by atoms with Crippen molar-refractivity contribution in [2.24, 2.45) is 5.10 Å². The second-order valence-electron chi connectivity index (χ2n) is 4.94. The molecule has 4 rings (SSSR count). The molecule has 5 nitrogen and oxygen atoms in total. The zero-order chi connectivity index (χ0) is 14.9. The van der Waals surface area contributed by atoms with Gasteiger partial charge >= 0.3 is 0 Å². The van der Waals surface area contributed by atoms with Gasteiger partial charge in [-0.15, -0.1) is 0 Å². The van der Waals surface area contributed by atoms with Gasteiger partial charge in [-0.3, -0.25) is 4.79 Å². The van der Waals surface area contributed by atoms with Gasteiger partial charge in [-0.25, -0.2) is 4.98 Å². The molecule has 0 unspecified atom stereocenters. The van der Waals surface area contributed by atoms with E-state index >= 15 is 0 Å². The van der Waals surface area contributed by atoms with Crippen molar-refractivity contribution in [2.45, 2.75) is 0 Å². The Morgan fingerprint density at radius 3 is 2.68 bits per heavy atom. The number of nitrogens with one attached hydrogen (secondary N) is 1. The summed E-state index contributed by atoms with van der Waals surface area (Å²) in [5.41, 5.74) is 2.74. The summed E-state index contributed by atoms with van der Waals surface area (Å²) >= 11 is 0. The van der Waals surface area contributed by atoms with Gasteiger partial charge in [0.25, 0.3) is 5.56 Å². The Balaban J connectivity index is 1.86. The Labute approximate surface area is 125 Å². The lowest BCUT2D eigenvalue weighted by molar-refractivity contribution is 0.815. The lowest BCUT2D eigenvalue weighted by Gasteiger charge is -1.97. The van der Waals surface area contributed by atoms with Crippen molar-refractivity contribution in [2.75, 3.05) is 0 Å². The van der Waals surface area contributed by atoms with Crippen molar-refractivity contribution >= 4 is 28.2 Å². The smallest absolute Gasteiger partial charge is 0.298 e. The predicted octanol–water partition coefficient (Wildman–Crippen LogP) is 2.76. The molecule has 2 aromatic carbocycles. The maximum Gasteiger partial charge on any atom is 0.298 e. The molecule has 0 aliphatic carbocycles. The summed E-state index contributed by atoms with van der Waals surface area (Å²) in [6, 6.07) is 17.3. The highest BCUT2D eigenvalue weighted by atomic mass is 16.1. The van der Waals surface area contributed by atoms with Crippen molar-refractivity contribution in [1.82, 2.24) is 14.6 Å². The van der Waals surface area contributed by atoms with E-state index in [0.29, 0.717) is 11.0 Å². The van der Waals surface area contributed by atoms with Gasteiger partial charge in [0, 0.05) is 10.9 Å². The van der Waals surface area contributed by atoms with Crippen LogP contribution in [0.25, 0.3) is 21.9 Å². The third kappa shape index (κ3) is 2.00. The standard InChI is InChI=1S/C17H12N4O/c22-17-16-15(13-8-4-5-9-14(13)20-16)18-11-21(17)19-10-12-6-2-1-3-7-12/h1-11,20H. The van der Waals surface area contributed by atoms with Crippen LogP contribution in [0.1, 0.15) is 5.56 Å². The zero-order valence-electron chi connectivity index (χ0n) is 11.6. The van der Waals surface area contributed by atoms with Gasteiger partial charge < -0.3 is 4.98 Å². The third-order valence-corrected chi connectivity index (χ3v) is 3.53. The summed E-state index contributed by atoms with van der Waals surface area (Å²) in [6.45, 7) is 0. The van der Waals surface area contributed by atoms with Crippen LogP contribution in [0, 0.1) is 0 Å². The van der Waals surface area contributed by atoms with Crippen molar-refractivity contribution in [3.63, 3.8) is 0 Å². The number of nitrogens with zero attached hydrogens (tertiary/aromatic N) is 3. The first kappa shape index (κ1) is 12.5. The van der Waals surface area contributed by atoms with Gasteiger partial charge in [0.2, 0.25) is 0 Å². The van der Waals surface area contributed by atoms with Crippen LogP contribution in [0.15, 0.2) is 70.8 Å². The number of fused-ring (bicyclic) bond motifs is 3. The molecular formula is C17H12N4O. The molecule has 1 N–H and O–H groups in total. The average Bonchev–Trinajstić information content (AvgIpc) is 2.95. The normalized spacial score (nSPS) is 11.6. The highest BCUT2D eigenvalue weighted by Crippen LogP contribution is 2.20. The summed E-state index contributed by atoms with van der Waals surface area (Å²) in [6.07, 6.45) is 3.09. The Bertz CT molecular complexity index is 1040. The zero-order valence-corrected chi connectivity index (χ0v) is 11.6. The first-order chi connectivity index (χ1) is 10.8. The predicted molar refractivity (Wildman–Crippen MR) is 87.3 cm³/mol. The molecule has 22 heavy (non-hydrogen) atoms. The summed E-state index contributed by atoms with van der Waals surface area (Å²) in [5, 5.41) is 5.13. The quantitative estimate of drug-likeness (QED) is 0.576. The van der Waals surface area contributed by atoms with Crippen LogP contribution in [0.2, 0.25) is 0 Å². The molecule has 0 bridgehead atoms. The van der Waals surface area contributed by atoms with E-state index in [-0.39, 0.29) is 5.56 Å². The van der Waals surface area contributed by atoms with E-state index < -0.39 is 0 Å². The Morgan fingerprint density at radius 1 is 1.05 bits per heavy atom. The Kier molecular flexibility index (Phi) is 2.83. The third-order valence-electron chi connectivity index (χ3n) is 3.53. The number of hydrogen-bond acceptors (Lipinski definition) is 3. The molecule has 0 aliphatic rings. The molecule has 2 heterocycles. The second kappa shape index (κ2) is 4.96. The Hall–Kier alpha value is -3.21. The fraction of sp³-hybridized carbons (Fsp3) is 0. The van der Waals surface area contributed by atoms with Crippen LogP contribution in [-0.2, 0) is 0 Å². The lowest BCUT2D eigenvalue weighted by atomic mass is 10.2. The van der Waals surface area contributed by atoms with E-state index in [1.807, 2.05) is 54.6 Å². The van der Waals surface area contributed by atoms with E-state index in [1.54, 1.807) is 6.21 Å². The summed E-state index contributed by atoms with van der Waals surface area (Å²) < 4.78 is 1.24. The van der Waals surface area contributed by atoms with Crippen LogP contribution in [-0.4, -0.2) is 20.9 Å². The first-order valence-corrected chi connectivity index (χ1v) is 6.90. The number of H-pyrrole nitrogens is 1. The molecule has 0 atom stereocenters. The van der Waals surface area contributed by atoms with Gasteiger partial charge in [-0.1, -0.05) is 48.5 Å². The average molecular weight is 288 g/mol. The number of para-hydroxylation sites is 1. The minimum Gasteiger partial charge on any atom is -0.349 e. The monoisotopic (exact) mass is 288 g/mol. The number of aromatic nitrogens is 3. The number of benzene rings is 2. The second-order valence-corrected chi connectivity index (χ2v) is 4.94. The van der Waals surface area contributed by atoms with Crippen LogP contribution in [0.3, 0.4) is 0 Å². The topological polar surface area (TPSA) is 63.0 Å². The molecule has 106 valence electrons. The van der Waals surface area contributed by atoms with Crippen molar-refractivity contribution in [3.8, 4) is 0 Å². The molecule has 0 amide bonds. The van der Waals surface area contributed by atoms with E-state index in [0.717, 1.165) is 16.5 Å². The van der Waals surface area contributed by atoms with Gasteiger partial charge in [-0.05, 0) is 11.6 Å². The molecule has 4 aromatic rings. The summed E-state index contributed by atoms with van der Waals surface area (Å²) in [4.78, 5) is 20.0. The molecule has 0 aliphatic heterocycles. The number of rotatable bonds is 2. The molecule has 0 radical (unpaired) electrons. The molecule has 2 aromatic heterocycles. The molecule has 0 saturated heterocycles. The molecular weight excluding hydrogens is 276 g/mol. The van der Waals surface area contributed by atoms with Gasteiger partial charge in [0.15, 0.2) is 0 Å². The fourth-order valence-electron chi connectivity index (χ4n) is 2.45. The van der Waals surface area contributed by atoms with Crippen LogP contribution in [0.4, 0.5) is 0 Å². The van der Waals surface area contributed by atoms with Crippen LogP contribution >= 0.6 is 0 Å². The highest BCUT2D eigenvalue weighted by Gasteiger charge is 2.09. The minimum atomic E-state index is -0.214. The molecule has 0 spiro atoms. The van der Waals surface area contributed by atoms with E-state index in [9.17, 15) is 4.79 Å². The van der Waals surface area contributed by atoms with E-state index in [1.165, 1.54) is 11.0 Å². The maximum atomic E-state index is 12.5.